The smallest absolute Gasteiger partial charge is 0.406 e. The van der Waals surface area contributed by atoms with Gasteiger partial charge in [0.05, 0.1) is 17.6 Å². The Kier molecular flexibility index (Phi) is 6.98. The standard InChI is InChI=1S/C27H29F3N4O2/c28-27(29,30)36-21-12-10-18(11-13-21)16-24(35)34-15-14-20(17-34)31-26-32-23-9-5-4-8-22(23)25(33-26)19-6-2-1-3-7-19/h4-5,8-13,19-20H,1-3,6-7,14-17H2,(H,31,32,33). The summed E-state index contributed by atoms with van der Waals surface area (Å²) in [4.78, 5) is 24.3. The van der Waals surface area contributed by atoms with E-state index in [0.717, 1.165) is 35.9 Å². The molecule has 1 atom stereocenters. The molecule has 2 fully saturated rings. The first kappa shape index (κ1) is 24.3. The summed E-state index contributed by atoms with van der Waals surface area (Å²) in [5, 5.41) is 4.57. The van der Waals surface area contributed by atoms with E-state index in [1.165, 1.54) is 43.5 Å². The third kappa shape index (κ3) is 5.88. The van der Waals surface area contributed by atoms with Crippen LogP contribution in [0, 0.1) is 0 Å². The number of aromatic nitrogens is 2. The number of carbonyl (C=O) groups is 1. The van der Waals surface area contributed by atoms with Gasteiger partial charge in [0.2, 0.25) is 11.9 Å². The molecular weight excluding hydrogens is 469 g/mol. The Morgan fingerprint density at radius 2 is 1.75 bits per heavy atom. The topological polar surface area (TPSA) is 67.3 Å². The molecule has 0 radical (unpaired) electrons. The maximum Gasteiger partial charge on any atom is 0.573 e. The van der Waals surface area contributed by atoms with Crippen LogP contribution in [0.4, 0.5) is 19.1 Å². The van der Waals surface area contributed by atoms with Gasteiger partial charge >= 0.3 is 6.36 Å². The van der Waals surface area contributed by atoms with Crippen LogP contribution in [0.3, 0.4) is 0 Å². The number of rotatable bonds is 6. The van der Waals surface area contributed by atoms with Crippen LogP contribution in [-0.4, -0.2) is 46.3 Å². The van der Waals surface area contributed by atoms with Crippen molar-refractivity contribution in [1.29, 1.82) is 0 Å². The van der Waals surface area contributed by atoms with Crippen molar-refractivity contribution >= 4 is 22.8 Å². The number of hydrogen-bond donors (Lipinski definition) is 1. The second-order valence-electron chi connectivity index (χ2n) is 9.62. The summed E-state index contributed by atoms with van der Waals surface area (Å²) in [5.41, 5.74) is 2.69. The zero-order chi connectivity index (χ0) is 25.1. The van der Waals surface area contributed by atoms with Crippen LogP contribution in [0.1, 0.15) is 55.7 Å². The minimum atomic E-state index is -4.74. The molecule has 1 aromatic heterocycles. The highest BCUT2D eigenvalue weighted by Crippen LogP contribution is 2.35. The van der Waals surface area contributed by atoms with Gasteiger partial charge in [-0.2, -0.15) is 0 Å². The largest absolute Gasteiger partial charge is 0.573 e. The number of amides is 1. The van der Waals surface area contributed by atoms with Crippen molar-refractivity contribution in [3.05, 3.63) is 59.8 Å². The first-order chi connectivity index (χ1) is 17.3. The molecule has 5 rings (SSSR count). The molecule has 1 aliphatic heterocycles. The van der Waals surface area contributed by atoms with Crippen LogP contribution in [0.15, 0.2) is 48.5 Å². The van der Waals surface area contributed by atoms with Crippen molar-refractivity contribution in [2.45, 2.75) is 63.3 Å². The molecule has 1 saturated heterocycles. The first-order valence-corrected chi connectivity index (χ1v) is 12.5. The number of carbonyl (C=O) groups excluding carboxylic acids is 1. The highest BCUT2D eigenvalue weighted by atomic mass is 19.4. The van der Waals surface area contributed by atoms with E-state index in [0.29, 0.717) is 30.5 Å². The minimum absolute atomic E-state index is 0.0388. The van der Waals surface area contributed by atoms with Crippen molar-refractivity contribution in [2.24, 2.45) is 0 Å². The van der Waals surface area contributed by atoms with Crippen molar-refractivity contribution in [1.82, 2.24) is 14.9 Å². The Morgan fingerprint density at radius 1 is 1.00 bits per heavy atom. The Hall–Kier alpha value is -3.36. The van der Waals surface area contributed by atoms with Gasteiger partial charge in [0.15, 0.2) is 0 Å². The Morgan fingerprint density at radius 3 is 2.50 bits per heavy atom. The van der Waals surface area contributed by atoms with Gasteiger partial charge in [-0.15, -0.1) is 13.2 Å². The van der Waals surface area contributed by atoms with E-state index in [2.05, 4.69) is 16.1 Å². The number of anilines is 1. The second kappa shape index (κ2) is 10.3. The fourth-order valence-electron chi connectivity index (χ4n) is 5.24. The predicted molar refractivity (Wildman–Crippen MR) is 131 cm³/mol. The van der Waals surface area contributed by atoms with Crippen LogP contribution in [-0.2, 0) is 11.2 Å². The molecule has 1 N–H and O–H groups in total. The molecule has 3 aromatic rings. The first-order valence-electron chi connectivity index (χ1n) is 12.5. The number of para-hydroxylation sites is 1. The summed E-state index contributed by atoms with van der Waals surface area (Å²) in [7, 11) is 0. The molecule has 36 heavy (non-hydrogen) atoms. The molecule has 0 spiro atoms. The van der Waals surface area contributed by atoms with E-state index in [4.69, 9.17) is 9.97 Å². The van der Waals surface area contributed by atoms with Crippen LogP contribution < -0.4 is 10.1 Å². The molecule has 1 saturated carbocycles. The van der Waals surface area contributed by atoms with Crippen molar-refractivity contribution < 1.29 is 22.7 Å². The highest BCUT2D eigenvalue weighted by molar-refractivity contribution is 5.82. The van der Waals surface area contributed by atoms with E-state index in [-0.39, 0.29) is 24.1 Å². The molecule has 9 heteroatoms. The molecule has 2 aliphatic rings. The van der Waals surface area contributed by atoms with Crippen molar-refractivity contribution in [2.75, 3.05) is 18.4 Å². The van der Waals surface area contributed by atoms with Gasteiger partial charge in [-0.1, -0.05) is 49.6 Å². The zero-order valence-electron chi connectivity index (χ0n) is 19.9. The average molecular weight is 499 g/mol. The van der Waals surface area contributed by atoms with E-state index >= 15 is 0 Å². The monoisotopic (exact) mass is 498 g/mol. The molecule has 0 bridgehead atoms. The molecule has 1 aliphatic carbocycles. The van der Waals surface area contributed by atoms with E-state index in [1.54, 1.807) is 4.90 Å². The van der Waals surface area contributed by atoms with Gasteiger partial charge in [0, 0.05) is 30.4 Å². The lowest BCUT2D eigenvalue weighted by molar-refractivity contribution is -0.274. The Labute approximate surface area is 207 Å². The summed E-state index contributed by atoms with van der Waals surface area (Å²) >= 11 is 0. The number of fused-ring (bicyclic) bond motifs is 1. The summed E-state index contributed by atoms with van der Waals surface area (Å²) in [6, 6.07) is 13.6. The molecular formula is C27H29F3N4O2. The molecule has 1 amide bonds. The molecule has 190 valence electrons. The van der Waals surface area contributed by atoms with Crippen LogP contribution in [0.25, 0.3) is 10.9 Å². The second-order valence-corrected chi connectivity index (χ2v) is 9.62. The Balaban J connectivity index is 1.22. The number of halogens is 3. The number of alkyl halides is 3. The van der Waals surface area contributed by atoms with Gasteiger partial charge in [-0.3, -0.25) is 4.79 Å². The van der Waals surface area contributed by atoms with Gasteiger partial charge in [0.25, 0.3) is 0 Å². The van der Waals surface area contributed by atoms with Gasteiger partial charge in [-0.25, -0.2) is 9.97 Å². The molecule has 1 unspecified atom stereocenters. The Bertz CT molecular complexity index is 1210. The summed E-state index contributed by atoms with van der Waals surface area (Å²) in [5.74, 6) is 0.689. The summed E-state index contributed by atoms with van der Waals surface area (Å²) in [6.07, 6.45) is 2.19. The fourth-order valence-corrected chi connectivity index (χ4v) is 5.24. The fraction of sp³-hybridized carbons (Fsp3) is 0.444. The van der Waals surface area contributed by atoms with Crippen LogP contribution >= 0.6 is 0 Å². The number of ether oxygens (including phenoxy) is 1. The van der Waals surface area contributed by atoms with Crippen molar-refractivity contribution in [3.63, 3.8) is 0 Å². The lowest BCUT2D eigenvalue weighted by atomic mass is 9.85. The van der Waals surface area contributed by atoms with E-state index < -0.39 is 6.36 Å². The van der Waals surface area contributed by atoms with Gasteiger partial charge in [0.1, 0.15) is 5.75 Å². The predicted octanol–water partition coefficient (Wildman–Crippen LogP) is 5.83. The number of benzene rings is 2. The number of nitrogens with one attached hydrogen (secondary N) is 1. The third-order valence-corrected chi connectivity index (χ3v) is 7.01. The van der Waals surface area contributed by atoms with Gasteiger partial charge in [-0.05, 0) is 43.0 Å². The maximum absolute atomic E-state index is 12.8. The van der Waals surface area contributed by atoms with E-state index in [1.807, 2.05) is 18.2 Å². The molecule has 2 aromatic carbocycles. The quantitative estimate of drug-likeness (QED) is 0.463. The van der Waals surface area contributed by atoms with Crippen LogP contribution in [0.2, 0.25) is 0 Å². The van der Waals surface area contributed by atoms with E-state index in [9.17, 15) is 18.0 Å². The lowest BCUT2D eigenvalue weighted by Gasteiger charge is -2.23. The van der Waals surface area contributed by atoms with Crippen LogP contribution in [0.5, 0.6) is 5.75 Å². The van der Waals surface area contributed by atoms with Crippen molar-refractivity contribution in [3.8, 4) is 5.75 Å². The average Bonchev–Trinajstić information content (AvgIpc) is 3.33. The van der Waals surface area contributed by atoms with Gasteiger partial charge < -0.3 is 15.0 Å². The molecule has 6 nitrogen and oxygen atoms in total. The summed E-state index contributed by atoms with van der Waals surface area (Å²) in [6.45, 7) is 1.14. The number of likely N-dealkylation sites (tertiary alicyclic amines) is 1. The maximum atomic E-state index is 12.8. The molecule has 2 heterocycles. The SMILES string of the molecule is O=C(Cc1ccc(OC(F)(F)F)cc1)N1CCC(Nc2nc(C3CCCCC3)c3ccccc3n2)C1. The lowest BCUT2D eigenvalue weighted by Crippen LogP contribution is -2.33. The third-order valence-electron chi connectivity index (χ3n) is 7.01. The number of nitrogens with zero attached hydrogens (tertiary/aromatic N) is 3. The summed E-state index contributed by atoms with van der Waals surface area (Å²) < 4.78 is 40.9. The highest BCUT2D eigenvalue weighted by Gasteiger charge is 2.31. The minimum Gasteiger partial charge on any atom is -0.406 e. The zero-order valence-corrected chi connectivity index (χ0v) is 19.9. The number of hydrogen-bond acceptors (Lipinski definition) is 5. The normalized spacial score (nSPS) is 19.0.